The van der Waals surface area contributed by atoms with Gasteiger partial charge in [0, 0.05) is 10.8 Å². The Bertz CT molecular complexity index is 727. The number of fused-ring (bicyclic) bond motifs is 1. The first-order chi connectivity index (χ1) is 9.63. The number of hydrogen-bond donors (Lipinski definition) is 2. The number of benzene rings is 1. The molecule has 0 radical (unpaired) electrons. The molecular weight excluding hydrogens is 276 g/mol. The molecule has 0 saturated heterocycles. The van der Waals surface area contributed by atoms with Crippen LogP contribution in [0.15, 0.2) is 40.1 Å². The van der Waals surface area contributed by atoms with Crippen LogP contribution in [0.1, 0.15) is 29.3 Å². The SMILES string of the molecule is CC(O)c1csc(NC(=O)c2cc3ccccc3o2)n1. The Morgan fingerprint density at radius 1 is 1.45 bits per heavy atom. The third kappa shape index (κ3) is 2.43. The van der Waals surface area contributed by atoms with Gasteiger partial charge in [0.1, 0.15) is 5.58 Å². The second-order valence-corrected chi connectivity index (χ2v) is 5.21. The lowest BCUT2D eigenvalue weighted by atomic mass is 10.2. The fourth-order valence-electron chi connectivity index (χ4n) is 1.79. The highest BCUT2D eigenvalue weighted by atomic mass is 32.1. The molecule has 1 amide bonds. The van der Waals surface area contributed by atoms with E-state index in [-0.39, 0.29) is 11.7 Å². The molecule has 2 N–H and O–H groups in total. The van der Waals surface area contributed by atoms with Gasteiger partial charge in [0.25, 0.3) is 5.91 Å². The predicted molar refractivity (Wildman–Crippen MR) is 76.9 cm³/mol. The maximum atomic E-state index is 12.1. The number of rotatable bonds is 3. The molecule has 1 unspecified atom stereocenters. The summed E-state index contributed by atoms with van der Waals surface area (Å²) in [6, 6.07) is 9.11. The Morgan fingerprint density at radius 2 is 2.25 bits per heavy atom. The van der Waals surface area contributed by atoms with Gasteiger partial charge in [-0.05, 0) is 19.1 Å². The summed E-state index contributed by atoms with van der Waals surface area (Å²) in [6.45, 7) is 1.62. The summed E-state index contributed by atoms with van der Waals surface area (Å²) in [7, 11) is 0. The molecule has 102 valence electrons. The average Bonchev–Trinajstić information content (AvgIpc) is 3.04. The van der Waals surface area contributed by atoms with Crippen molar-refractivity contribution < 1.29 is 14.3 Å². The van der Waals surface area contributed by atoms with Crippen LogP contribution in [0.2, 0.25) is 0 Å². The number of nitrogens with zero attached hydrogens (tertiary/aromatic N) is 1. The minimum Gasteiger partial charge on any atom is -0.451 e. The van der Waals surface area contributed by atoms with Crippen molar-refractivity contribution in [2.24, 2.45) is 0 Å². The number of thiazole rings is 1. The van der Waals surface area contributed by atoms with Gasteiger partial charge in [0.15, 0.2) is 10.9 Å². The zero-order chi connectivity index (χ0) is 14.1. The molecule has 0 spiro atoms. The van der Waals surface area contributed by atoms with Crippen LogP contribution in [-0.2, 0) is 0 Å². The highest BCUT2D eigenvalue weighted by molar-refractivity contribution is 7.14. The third-order valence-corrected chi connectivity index (χ3v) is 3.60. The molecular formula is C14H12N2O3S. The average molecular weight is 288 g/mol. The highest BCUT2D eigenvalue weighted by Crippen LogP contribution is 2.23. The van der Waals surface area contributed by atoms with Crippen molar-refractivity contribution in [3.8, 4) is 0 Å². The predicted octanol–water partition coefficient (Wildman–Crippen LogP) is 3.19. The van der Waals surface area contributed by atoms with Crippen LogP contribution in [0, 0.1) is 0 Å². The zero-order valence-electron chi connectivity index (χ0n) is 10.7. The number of furan rings is 1. The monoisotopic (exact) mass is 288 g/mol. The molecule has 0 fully saturated rings. The quantitative estimate of drug-likeness (QED) is 0.776. The number of hydrogen-bond acceptors (Lipinski definition) is 5. The molecule has 0 saturated carbocycles. The van der Waals surface area contributed by atoms with E-state index in [1.165, 1.54) is 11.3 Å². The van der Waals surface area contributed by atoms with E-state index in [0.717, 1.165) is 5.39 Å². The molecule has 1 aromatic carbocycles. The van der Waals surface area contributed by atoms with E-state index < -0.39 is 6.10 Å². The molecule has 3 aromatic rings. The maximum absolute atomic E-state index is 12.1. The number of para-hydroxylation sites is 1. The van der Waals surface area contributed by atoms with E-state index in [4.69, 9.17) is 4.42 Å². The van der Waals surface area contributed by atoms with Crippen molar-refractivity contribution in [2.75, 3.05) is 5.32 Å². The minimum atomic E-state index is -0.650. The largest absolute Gasteiger partial charge is 0.451 e. The second kappa shape index (κ2) is 5.07. The van der Waals surface area contributed by atoms with E-state index in [0.29, 0.717) is 16.4 Å². The molecule has 0 aliphatic carbocycles. The summed E-state index contributed by atoms with van der Waals surface area (Å²) < 4.78 is 5.47. The summed E-state index contributed by atoms with van der Waals surface area (Å²) in [5.74, 6) is -0.118. The first-order valence-electron chi connectivity index (χ1n) is 6.07. The maximum Gasteiger partial charge on any atom is 0.293 e. The lowest BCUT2D eigenvalue weighted by Crippen LogP contribution is -2.10. The van der Waals surface area contributed by atoms with Crippen molar-refractivity contribution in [1.29, 1.82) is 0 Å². The van der Waals surface area contributed by atoms with Crippen molar-refractivity contribution in [2.45, 2.75) is 13.0 Å². The molecule has 5 nitrogen and oxygen atoms in total. The number of aliphatic hydroxyl groups is 1. The normalized spacial score (nSPS) is 12.5. The Balaban J connectivity index is 1.81. The first kappa shape index (κ1) is 12.8. The smallest absolute Gasteiger partial charge is 0.293 e. The van der Waals surface area contributed by atoms with Crippen LogP contribution in [0.3, 0.4) is 0 Å². The third-order valence-electron chi connectivity index (χ3n) is 2.82. The van der Waals surface area contributed by atoms with Crippen molar-refractivity contribution in [1.82, 2.24) is 4.98 Å². The van der Waals surface area contributed by atoms with Gasteiger partial charge in [-0.1, -0.05) is 18.2 Å². The summed E-state index contributed by atoms with van der Waals surface area (Å²) >= 11 is 1.26. The van der Waals surface area contributed by atoms with Gasteiger partial charge >= 0.3 is 0 Å². The van der Waals surface area contributed by atoms with E-state index >= 15 is 0 Å². The van der Waals surface area contributed by atoms with Gasteiger partial charge in [-0.15, -0.1) is 11.3 Å². The van der Waals surface area contributed by atoms with Crippen molar-refractivity contribution in [3.63, 3.8) is 0 Å². The zero-order valence-corrected chi connectivity index (χ0v) is 11.5. The van der Waals surface area contributed by atoms with Crippen LogP contribution in [0.25, 0.3) is 11.0 Å². The summed E-state index contributed by atoms with van der Waals surface area (Å²) in [5.41, 5.74) is 1.20. The number of amides is 1. The molecule has 2 aromatic heterocycles. The topological polar surface area (TPSA) is 75.4 Å². The molecule has 20 heavy (non-hydrogen) atoms. The van der Waals surface area contributed by atoms with Gasteiger partial charge in [-0.2, -0.15) is 0 Å². The summed E-state index contributed by atoms with van der Waals surface area (Å²) in [4.78, 5) is 16.2. The van der Waals surface area contributed by atoms with Crippen molar-refractivity contribution in [3.05, 3.63) is 47.2 Å². The number of nitrogens with one attached hydrogen (secondary N) is 1. The van der Waals surface area contributed by atoms with E-state index in [1.54, 1.807) is 24.4 Å². The molecule has 6 heteroatoms. The number of aromatic nitrogens is 1. The number of aliphatic hydroxyl groups excluding tert-OH is 1. The van der Waals surface area contributed by atoms with Crippen LogP contribution in [0.4, 0.5) is 5.13 Å². The van der Waals surface area contributed by atoms with Crippen LogP contribution >= 0.6 is 11.3 Å². The van der Waals surface area contributed by atoms with Crippen molar-refractivity contribution >= 4 is 33.3 Å². The van der Waals surface area contributed by atoms with Gasteiger partial charge < -0.3 is 9.52 Å². The van der Waals surface area contributed by atoms with Crippen LogP contribution in [-0.4, -0.2) is 16.0 Å². The van der Waals surface area contributed by atoms with Gasteiger partial charge in [-0.25, -0.2) is 4.98 Å². The van der Waals surface area contributed by atoms with Crippen LogP contribution in [0.5, 0.6) is 0 Å². The first-order valence-corrected chi connectivity index (χ1v) is 6.95. The molecule has 0 bridgehead atoms. The summed E-state index contributed by atoms with van der Waals surface area (Å²) in [5, 5.41) is 15.1. The highest BCUT2D eigenvalue weighted by Gasteiger charge is 2.14. The number of anilines is 1. The molecule has 0 aliphatic heterocycles. The molecule has 1 atom stereocenters. The number of carbonyl (C=O) groups excluding carboxylic acids is 1. The van der Waals surface area contributed by atoms with Gasteiger partial charge in [0.2, 0.25) is 0 Å². The Morgan fingerprint density at radius 3 is 2.95 bits per heavy atom. The Kier molecular flexibility index (Phi) is 3.25. The molecule has 2 heterocycles. The minimum absolute atomic E-state index is 0.236. The van der Waals surface area contributed by atoms with E-state index in [9.17, 15) is 9.90 Å². The summed E-state index contributed by atoms with van der Waals surface area (Å²) in [6.07, 6.45) is -0.650. The molecule has 3 rings (SSSR count). The van der Waals surface area contributed by atoms with Gasteiger partial charge in [-0.3, -0.25) is 10.1 Å². The Labute approximate surface area is 118 Å². The second-order valence-electron chi connectivity index (χ2n) is 4.36. The lowest BCUT2D eigenvalue weighted by Gasteiger charge is -1.98. The fraction of sp³-hybridized carbons (Fsp3) is 0.143. The number of carbonyl (C=O) groups is 1. The van der Waals surface area contributed by atoms with Crippen LogP contribution < -0.4 is 5.32 Å². The molecule has 0 aliphatic rings. The van der Waals surface area contributed by atoms with Gasteiger partial charge in [0.05, 0.1) is 11.8 Å². The fourth-order valence-corrected chi connectivity index (χ4v) is 2.58. The Hall–Kier alpha value is -2.18. The van der Waals surface area contributed by atoms with E-state index in [1.807, 2.05) is 18.2 Å². The van der Waals surface area contributed by atoms with E-state index in [2.05, 4.69) is 10.3 Å². The lowest BCUT2D eigenvalue weighted by molar-refractivity contribution is 0.0998. The standard InChI is InChI=1S/C14H12N2O3S/c1-8(17)10-7-20-14(15-10)16-13(18)12-6-9-4-2-3-5-11(9)19-12/h2-8,17H,1H3,(H,15,16,18).